The molecule has 2 aliphatic rings. The quantitative estimate of drug-likeness (QED) is 0.762. The fourth-order valence-electron chi connectivity index (χ4n) is 3.61. The number of likely N-dealkylation sites (tertiary alicyclic amines) is 1. The zero-order chi connectivity index (χ0) is 20.7. The number of carbonyl (C=O) groups is 1. The van der Waals surface area contributed by atoms with Gasteiger partial charge in [0.25, 0.3) is 0 Å². The van der Waals surface area contributed by atoms with Crippen LogP contribution in [0.25, 0.3) is 0 Å². The van der Waals surface area contributed by atoms with Gasteiger partial charge < -0.3 is 24.2 Å². The summed E-state index contributed by atoms with van der Waals surface area (Å²) in [5.74, 6) is -0.287. The molecule has 1 N–H and O–H groups in total. The summed E-state index contributed by atoms with van der Waals surface area (Å²) in [7, 11) is 0. The molecule has 6 nitrogen and oxygen atoms in total. The van der Waals surface area contributed by atoms with Crippen LogP contribution in [0.4, 0.5) is 18.0 Å². The zero-order valence-electron chi connectivity index (χ0n) is 16.0. The van der Waals surface area contributed by atoms with Crippen molar-refractivity contribution in [2.24, 2.45) is 0 Å². The molecule has 2 aliphatic heterocycles. The Morgan fingerprint density at radius 2 is 1.89 bits per heavy atom. The van der Waals surface area contributed by atoms with Gasteiger partial charge in [0.15, 0.2) is 0 Å². The number of fused-ring (bicyclic) bond motifs is 1. The summed E-state index contributed by atoms with van der Waals surface area (Å²) in [6.45, 7) is 6.10. The molecule has 1 atom stereocenters. The molecule has 0 saturated carbocycles. The second kappa shape index (κ2) is 7.02. The molecule has 1 amide bonds. The largest absolute Gasteiger partial charge is 0.573 e. The van der Waals surface area contributed by atoms with Gasteiger partial charge in [0, 0.05) is 32.4 Å². The number of amides is 1. The lowest BCUT2D eigenvalue weighted by Crippen LogP contribution is -2.52. The number of hydrogen-bond donors (Lipinski definition) is 1. The van der Waals surface area contributed by atoms with E-state index in [1.54, 1.807) is 25.7 Å². The Labute approximate surface area is 161 Å². The second-order valence-corrected chi connectivity index (χ2v) is 8.19. The van der Waals surface area contributed by atoms with Crippen molar-refractivity contribution in [3.8, 4) is 11.5 Å². The van der Waals surface area contributed by atoms with E-state index in [1.165, 1.54) is 12.1 Å². The van der Waals surface area contributed by atoms with E-state index in [-0.39, 0.29) is 17.7 Å². The van der Waals surface area contributed by atoms with Gasteiger partial charge in [-0.25, -0.2) is 4.79 Å². The van der Waals surface area contributed by atoms with Gasteiger partial charge in [-0.15, -0.1) is 13.2 Å². The van der Waals surface area contributed by atoms with Gasteiger partial charge in [0.05, 0.1) is 11.7 Å². The Bertz CT molecular complexity index is 736. The topological polar surface area (TPSA) is 68.2 Å². The van der Waals surface area contributed by atoms with E-state index in [1.807, 2.05) is 0 Å². The maximum absolute atomic E-state index is 12.6. The average Bonchev–Trinajstić information content (AvgIpc) is 2.52. The number of halogens is 3. The minimum atomic E-state index is -4.86. The first-order valence-corrected chi connectivity index (χ1v) is 9.11. The Kier molecular flexibility index (Phi) is 5.16. The van der Waals surface area contributed by atoms with Gasteiger partial charge in [-0.05, 0) is 32.9 Å². The van der Waals surface area contributed by atoms with Crippen molar-refractivity contribution in [3.05, 3.63) is 23.8 Å². The third kappa shape index (κ3) is 4.63. The van der Waals surface area contributed by atoms with Crippen LogP contribution < -0.4 is 9.47 Å². The number of ether oxygens (including phenoxy) is 3. The molecule has 9 heteroatoms. The van der Waals surface area contributed by atoms with Crippen LogP contribution in [0.15, 0.2) is 18.2 Å². The highest BCUT2D eigenvalue weighted by Crippen LogP contribution is 2.48. The highest BCUT2D eigenvalue weighted by Gasteiger charge is 2.46. The second-order valence-electron chi connectivity index (χ2n) is 8.19. The molecule has 0 bridgehead atoms. The Hall–Kier alpha value is -2.16. The number of carbonyl (C=O) groups excluding carboxylic acids is 1. The van der Waals surface area contributed by atoms with Crippen LogP contribution >= 0.6 is 0 Å². The van der Waals surface area contributed by atoms with E-state index in [0.717, 1.165) is 6.07 Å². The number of rotatable bonds is 1. The van der Waals surface area contributed by atoms with Crippen molar-refractivity contribution >= 4 is 6.09 Å². The summed E-state index contributed by atoms with van der Waals surface area (Å²) in [4.78, 5) is 13.8. The molecule has 0 aliphatic carbocycles. The van der Waals surface area contributed by atoms with Crippen molar-refractivity contribution in [1.29, 1.82) is 0 Å². The first-order valence-electron chi connectivity index (χ1n) is 9.11. The molecular weight excluding hydrogens is 379 g/mol. The molecule has 1 aromatic rings. The maximum atomic E-state index is 12.6. The van der Waals surface area contributed by atoms with E-state index in [4.69, 9.17) is 9.47 Å². The summed E-state index contributed by atoms with van der Waals surface area (Å²) in [5, 5.41) is 10.6. The molecule has 1 unspecified atom stereocenters. The molecule has 1 fully saturated rings. The third-order valence-corrected chi connectivity index (χ3v) is 4.80. The lowest BCUT2D eigenvalue weighted by atomic mass is 9.81. The molecule has 1 saturated heterocycles. The van der Waals surface area contributed by atoms with Gasteiger partial charge in [0.1, 0.15) is 22.7 Å². The van der Waals surface area contributed by atoms with Crippen LogP contribution in [0.1, 0.15) is 51.7 Å². The number of nitrogens with zero attached hydrogens (tertiary/aromatic N) is 1. The molecule has 2 heterocycles. The summed E-state index contributed by atoms with van der Waals surface area (Å²) >= 11 is 0. The van der Waals surface area contributed by atoms with Crippen LogP contribution in [-0.4, -0.2) is 46.8 Å². The Balaban J connectivity index is 1.73. The van der Waals surface area contributed by atoms with Gasteiger partial charge in [-0.2, -0.15) is 0 Å². The minimum absolute atomic E-state index is 0.0000203. The van der Waals surface area contributed by atoms with Gasteiger partial charge in [-0.1, -0.05) is 6.07 Å². The van der Waals surface area contributed by atoms with E-state index < -0.39 is 35.5 Å². The Morgan fingerprint density at radius 3 is 2.46 bits per heavy atom. The summed E-state index contributed by atoms with van der Waals surface area (Å²) < 4.78 is 53.3. The predicted octanol–water partition coefficient (Wildman–Crippen LogP) is 4.17. The van der Waals surface area contributed by atoms with Crippen LogP contribution in [0.2, 0.25) is 0 Å². The molecule has 28 heavy (non-hydrogen) atoms. The predicted molar refractivity (Wildman–Crippen MR) is 93.1 cm³/mol. The highest BCUT2D eigenvalue weighted by atomic mass is 19.4. The van der Waals surface area contributed by atoms with Gasteiger partial charge >= 0.3 is 12.5 Å². The van der Waals surface area contributed by atoms with E-state index in [2.05, 4.69) is 4.74 Å². The van der Waals surface area contributed by atoms with Crippen molar-refractivity contribution < 1.29 is 37.3 Å². The van der Waals surface area contributed by atoms with Gasteiger partial charge in [-0.3, -0.25) is 0 Å². The van der Waals surface area contributed by atoms with E-state index in [9.17, 15) is 23.1 Å². The van der Waals surface area contributed by atoms with Crippen LogP contribution in [0.3, 0.4) is 0 Å². The molecular formula is C19H24F3NO5. The molecule has 156 valence electrons. The number of aliphatic hydroxyl groups is 1. The summed E-state index contributed by atoms with van der Waals surface area (Å²) in [6.07, 6.45) is -5.43. The number of piperidine rings is 1. The van der Waals surface area contributed by atoms with Crippen LogP contribution in [-0.2, 0) is 4.74 Å². The smallest absolute Gasteiger partial charge is 0.486 e. The molecule has 0 aromatic heterocycles. The lowest BCUT2D eigenvalue weighted by molar-refractivity contribution is -0.275. The van der Waals surface area contributed by atoms with Crippen LogP contribution in [0, 0.1) is 0 Å². The highest BCUT2D eigenvalue weighted by molar-refractivity contribution is 5.68. The molecule has 1 spiro atoms. The third-order valence-electron chi connectivity index (χ3n) is 4.80. The minimum Gasteiger partial charge on any atom is -0.486 e. The Morgan fingerprint density at radius 1 is 1.25 bits per heavy atom. The molecule has 0 radical (unpaired) electrons. The van der Waals surface area contributed by atoms with E-state index in [0.29, 0.717) is 25.9 Å². The fraction of sp³-hybridized carbons (Fsp3) is 0.632. The number of benzene rings is 1. The normalized spacial score (nSPS) is 21.7. The van der Waals surface area contributed by atoms with Crippen LogP contribution in [0.5, 0.6) is 11.5 Å². The first kappa shape index (κ1) is 20.6. The summed E-state index contributed by atoms with van der Waals surface area (Å²) in [6, 6.07) is 4.06. The van der Waals surface area contributed by atoms with Crippen molar-refractivity contribution in [2.75, 3.05) is 13.1 Å². The molecule has 3 rings (SSSR count). The lowest BCUT2D eigenvalue weighted by Gasteiger charge is -2.46. The summed E-state index contributed by atoms with van der Waals surface area (Å²) in [5.41, 5.74) is -1.35. The van der Waals surface area contributed by atoms with Crippen molar-refractivity contribution in [1.82, 2.24) is 4.90 Å². The van der Waals surface area contributed by atoms with Gasteiger partial charge in [0.2, 0.25) is 0 Å². The fourth-order valence-corrected chi connectivity index (χ4v) is 3.61. The SMILES string of the molecule is CC(C)(C)OC(=O)N1CCC2(CC1)CC(O)c1c(OC(F)(F)F)cccc1O2. The zero-order valence-corrected chi connectivity index (χ0v) is 16.0. The van der Waals surface area contributed by atoms with Crippen molar-refractivity contribution in [3.63, 3.8) is 0 Å². The number of aliphatic hydroxyl groups excluding tert-OH is 1. The monoisotopic (exact) mass is 403 g/mol. The standard InChI is InChI=1S/C19H24F3NO5/c1-17(2,3)28-16(25)23-9-7-18(8-10-23)11-12(24)15-13(26-18)5-4-6-14(15)27-19(20,21)22/h4-6,12,24H,7-11H2,1-3H3. The molecule has 1 aromatic carbocycles. The van der Waals surface area contributed by atoms with E-state index >= 15 is 0 Å². The number of alkyl halides is 3. The average molecular weight is 403 g/mol. The maximum Gasteiger partial charge on any atom is 0.573 e. The first-order chi connectivity index (χ1) is 12.9. The van der Waals surface area contributed by atoms with Crippen molar-refractivity contribution in [2.45, 2.75) is 63.7 Å². The number of hydrogen-bond acceptors (Lipinski definition) is 5.